The van der Waals surface area contributed by atoms with E-state index in [0.717, 1.165) is 17.1 Å². The van der Waals surface area contributed by atoms with Crippen molar-refractivity contribution in [3.8, 4) is 0 Å². The summed E-state index contributed by atoms with van der Waals surface area (Å²) >= 11 is 3.06. The molecule has 106 valence electrons. The molecule has 0 unspecified atom stereocenters. The van der Waals surface area contributed by atoms with E-state index in [1.807, 2.05) is 19.2 Å². The summed E-state index contributed by atoms with van der Waals surface area (Å²) in [5, 5.41) is 11.8. The number of aromatic nitrogens is 1. The molecule has 0 atom stereocenters. The summed E-state index contributed by atoms with van der Waals surface area (Å²) in [6.07, 6.45) is 0.759. The van der Waals surface area contributed by atoms with Gasteiger partial charge in [-0.3, -0.25) is 9.59 Å². The maximum absolute atomic E-state index is 11.9. The molecule has 7 heteroatoms. The van der Waals surface area contributed by atoms with Gasteiger partial charge in [-0.25, -0.2) is 4.98 Å². The summed E-state index contributed by atoms with van der Waals surface area (Å²) in [6, 6.07) is 0. The Bertz CT molecular complexity index is 434. The van der Waals surface area contributed by atoms with E-state index < -0.39 is 5.97 Å². The van der Waals surface area contributed by atoms with Gasteiger partial charge in [0.2, 0.25) is 5.91 Å². The van der Waals surface area contributed by atoms with Gasteiger partial charge < -0.3 is 10.0 Å². The van der Waals surface area contributed by atoms with Gasteiger partial charge in [-0.2, -0.15) is 0 Å². The van der Waals surface area contributed by atoms with Crippen molar-refractivity contribution in [2.45, 2.75) is 26.0 Å². The van der Waals surface area contributed by atoms with Gasteiger partial charge in [0.1, 0.15) is 6.54 Å². The molecule has 0 radical (unpaired) electrons. The van der Waals surface area contributed by atoms with E-state index in [4.69, 9.17) is 5.11 Å². The molecule has 0 saturated heterocycles. The zero-order valence-electron chi connectivity index (χ0n) is 11.1. The molecule has 0 saturated carbocycles. The lowest BCUT2D eigenvalue weighted by Gasteiger charge is -2.19. The van der Waals surface area contributed by atoms with E-state index in [9.17, 15) is 9.59 Å². The Morgan fingerprint density at radius 3 is 2.79 bits per heavy atom. The van der Waals surface area contributed by atoms with E-state index in [-0.39, 0.29) is 12.5 Å². The van der Waals surface area contributed by atoms with Crippen LogP contribution < -0.4 is 0 Å². The second kappa shape index (κ2) is 8.16. The van der Waals surface area contributed by atoms with Crippen LogP contribution in [0.3, 0.4) is 0 Å². The number of thiazole rings is 1. The molecule has 0 bridgehead atoms. The van der Waals surface area contributed by atoms with Crippen LogP contribution in [0.1, 0.15) is 24.0 Å². The molecular weight excluding hydrogens is 284 g/mol. The molecular formula is C12H18N2O3S2. The number of nitrogens with zero attached hydrogens (tertiary/aromatic N) is 2. The lowest BCUT2D eigenvalue weighted by Crippen LogP contribution is -2.37. The largest absolute Gasteiger partial charge is 0.480 e. The zero-order chi connectivity index (χ0) is 14.3. The van der Waals surface area contributed by atoms with Gasteiger partial charge in [-0.15, -0.1) is 23.1 Å². The second-order valence-electron chi connectivity index (χ2n) is 4.06. The highest BCUT2D eigenvalue weighted by atomic mass is 32.2. The quantitative estimate of drug-likeness (QED) is 0.795. The van der Waals surface area contributed by atoms with Crippen LogP contribution in [-0.2, 0) is 15.3 Å². The fourth-order valence-electron chi connectivity index (χ4n) is 1.53. The minimum atomic E-state index is -0.970. The van der Waals surface area contributed by atoms with Crippen LogP contribution in [0.4, 0.5) is 0 Å². The van der Waals surface area contributed by atoms with Crippen molar-refractivity contribution in [1.82, 2.24) is 9.88 Å². The average molecular weight is 302 g/mol. The number of rotatable bonds is 8. The van der Waals surface area contributed by atoms with Crippen molar-refractivity contribution in [3.05, 3.63) is 16.1 Å². The number of amides is 1. The van der Waals surface area contributed by atoms with Crippen LogP contribution in [0.5, 0.6) is 0 Å². The Hall–Kier alpha value is -1.08. The molecule has 0 aliphatic rings. The maximum atomic E-state index is 11.9. The van der Waals surface area contributed by atoms with Gasteiger partial charge in [-0.1, -0.05) is 6.92 Å². The number of carboxylic acids is 1. The summed E-state index contributed by atoms with van der Waals surface area (Å²) in [5.41, 5.74) is 0.973. The number of aryl methyl sites for hydroxylation is 1. The van der Waals surface area contributed by atoms with E-state index in [2.05, 4.69) is 4.98 Å². The third kappa shape index (κ3) is 6.07. The normalized spacial score (nSPS) is 10.4. The van der Waals surface area contributed by atoms with Crippen molar-refractivity contribution >= 4 is 35.0 Å². The van der Waals surface area contributed by atoms with Crippen molar-refractivity contribution in [2.24, 2.45) is 0 Å². The molecule has 0 spiro atoms. The van der Waals surface area contributed by atoms with Gasteiger partial charge in [-0.05, 0) is 13.3 Å². The van der Waals surface area contributed by atoms with Gasteiger partial charge in [0.05, 0.1) is 16.5 Å². The Labute approximate surface area is 121 Å². The Morgan fingerprint density at radius 1 is 1.53 bits per heavy atom. The molecule has 1 heterocycles. The Morgan fingerprint density at radius 2 is 2.26 bits per heavy atom. The first-order chi connectivity index (χ1) is 9.02. The predicted molar refractivity (Wildman–Crippen MR) is 77.5 cm³/mol. The van der Waals surface area contributed by atoms with Crippen LogP contribution >= 0.6 is 23.1 Å². The van der Waals surface area contributed by atoms with Gasteiger partial charge in [0, 0.05) is 17.7 Å². The Balaban J connectivity index is 2.37. The first-order valence-electron chi connectivity index (χ1n) is 6.01. The maximum Gasteiger partial charge on any atom is 0.323 e. The van der Waals surface area contributed by atoms with Crippen LogP contribution in [0.15, 0.2) is 5.38 Å². The number of carboxylic acid groups (broad SMARTS) is 1. The highest BCUT2D eigenvalue weighted by Gasteiger charge is 2.15. The van der Waals surface area contributed by atoms with Crippen molar-refractivity contribution < 1.29 is 14.7 Å². The molecule has 1 N–H and O–H groups in total. The highest BCUT2D eigenvalue weighted by molar-refractivity contribution is 7.99. The number of hydrogen-bond donors (Lipinski definition) is 1. The number of carbonyl (C=O) groups is 2. The van der Waals surface area contributed by atoms with E-state index in [1.54, 1.807) is 11.3 Å². The molecule has 19 heavy (non-hydrogen) atoms. The minimum Gasteiger partial charge on any atom is -0.480 e. The lowest BCUT2D eigenvalue weighted by molar-refractivity contribution is -0.143. The van der Waals surface area contributed by atoms with Gasteiger partial charge >= 0.3 is 5.97 Å². The third-order valence-electron chi connectivity index (χ3n) is 2.31. The molecule has 1 aromatic heterocycles. The number of aliphatic carboxylic acids is 1. The molecule has 1 rings (SSSR count). The molecule has 5 nitrogen and oxygen atoms in total. The molecule has 0 fully saturated rings. The SMILES string of the molecule is CCCN(CC(=O)O)C(=O)CSCc1csc(C)n1. The van der Waals surface area contributed by atoms with Crippen molar-refractivity contribution in [2.75, 3.05) is 18.8 Å². The van der Waals surface area contributed by atoms with Crippen LogP contribution in [0.2, 0.25) is 0 Å². The minimum absolute atomic E-state index is 0.124. The van der Waals surface area contributed by atoms with Gasteiger partial charge in [0.25, 0.3) is 0 Å². The highest BCUT2D eigenvalue weighted by Crippen LogP contribution is 2.15. The van der Waals surface area contributed by atoms with E-state index in [0.29, 0.717) is 18.1 Å². The fourth-order valence-corrected chi connectivity index (χ4v) is 3.07. The lowest BCUT2D eigenvalue weighted by atomic mass is 10.4. The molecule has 1 amide bonds. The smallest absolute Gasteiger partial charge is 0.323 e. The number of carbonyl (C=O) groups excluding carboxylic acids is 1. The molecule has 0 aliphatic carbocycles. The van der Waals surface area contributed by atoms with Crippen molar-refractivity contribution in [1.29, 1.82) is 0 Å². The summed E-state index contributed by atoms with van der Waals surface area (Å²) in [5.74, 6) is -0.115. The Kier molecular flexibility index (Phi) is 6.86. The van der Waals surface area contributed by atoms with Crippen LogP contribution in [-0.4, -0.2) is 45.7 Å². The number of thioether (sulfide) groups is 1. The number of hydrogen-bond acceptors (Lipinski definition) is 5. The van der Waals surface area contributed by atoms with Crippen LogP contribution in [0.25, 0.3) is 0 Å². The summed E-state index contributed by atoms with van der Waals surface area (Å²) in [4.78, 5) is 28.3. The third-order valence-corrected chi connectivity index (χ3v) is 4.09. The zero-order valence-corrected chi connectivity index (χ0v) is 12.7. The van der Waals surface area contributed by atoms with E-state index in [1.165, 1.54) is 16.7 Å². The topological polar surface area (TPSA) is 70.5 Å². The summed E-state index contributed by atoms with van der Waals surface area (Å²) < 4.78 is 0. The summed E-state index contributed by atoms with van der Waals surface area (Å²) in [7, 11) is 0. The molecule has 0 aliphatic heterocycles. The molecule has 1 aromatic rings. The van der Waals surface area contributed by atoms with E-state index >= 15 is 0 Å². The van der Waals surface area contributed by atoms with Crippen molar-refractivity contribution in [3.63, 3.8) is 0 Å². The van der Waals surface area contributed by atoms with Crippen LogP contribution in [0, 0.1) is 6.92 Å². The molecule has 0 aromatic carbocycles. The standard InChI is InChI=1S/C12H18N2O3S2/c1-3-4-14(5-12(16)17)11(15)8-18-6-10-7-19-9(2)13-10/h7H,3-6,8H2,1-2H3,(H,16,17). The predicted octanol–water partition coefficient (Wildman–Crippen LogP) is 2.01. The second-order valence-corrected chi connectivity index (χ2v) is 6.11. The first kappa shape index (κ1) is 16.0. The van der Waals surface area contributed by atoms with Gasteiger partial charge in [0.15, 0.2) is 0 Å². The average Bonchev–Trinajstić information content (AvgIpc) is 2.74. The fraction of sp³-hybridized carbons (Fsp3) is 0.583. The summed E-state index contributed by atoms with van der Waals surface area (Å²) in [6.45, 7) is 4.14. The monoisotopic (exact) mass is 302 g/mol. The first-order valence-corrected chi connectivity index (χ1v) is 8.04.